The van der Waals surface area contributed by atoms with Crippen LogP contribution < -0.4 is 0 Å². The lowest BCUT2D eigenvalue weighted by atomic mass is 9.94. The molecule has 0 spiro atoms. The van der Waals surface area contributed by atoms with Crippen molar-refractivity contribution < 1.29 is 5.21 Å². The van der Waals surface area contributed by atoms with E-state index in [1.165, 1.54) is 5.06 Å². The molecule has 0 radical (unpaired) electrons. The van der Waals surface area contributed by atoms with Crippen molar-refractivity contribution in [1.29, 1.82) is 0 Å². The Kier molecular flexibility index (Phi) is 2.32. The van der Waals surface area contributed by atoms with Crippen LogP contribution in [0.1, 0.15) is 39.5 Å². The molecule has 0 aromatic rings. The van der Waals surface area contributed by atoms with Crippen molar-refractivity contribution in [3.05, 3.63) is 0 Å². The third-order valence-electron chi connectivity index (χ3n) is 2.50. The van der Waals surface area contributed by atoms with E-state index in [2.05, 4.69) is 13.8 Å². The monoisotopic (exact) mass is 143 g/mol. The molecule has 1 aliphatic rings. The molecule has 60 valence electrons. The van der Waals surface area contributed by atoms with Gasteiger partial charge in [0.1, 0.15) is 0 Å². The van der Waals surface area contributed by atoms with Gasteiger partial charge in [0.15, 0.2) is 0 Å². The smallest absolute Gasteiger partial charge is 0.0432 e. The average Bonchev–Trinajstić information content (AvgIpc) is 2.15. The van der Waals surface area contributed by atoms with E-state index in [1.807, 2.05) is 0 Å². The Hall–Kier alpha value is -0.0800. The zero-order valence-corrected chi connectivity index (χ0v) is 6.93. The van der Waals surface area contributed by atoms with Gasteiger partial charge in [-0.1, -0.05) is 13.3 Å². The maximum atomic E-state index is 9.41. The molecular weight excluding hydrogens is 126 g/mol. The first-order valence-electron chi connectivity index (χ1n) is 4.15. The zero-order valence-electron chi connectivity index (χ0n) is 6.93. The summed E-state index contributed by atoms with van der Waals surface area (Å²) in [6, 6.07) is 0. The molecule has 0 aromatic carbocycles. The topological polar surface area (TPSA) is 23.5 Å². The molecule has 1 atom stereocenters. The Morgan fingerprint density at radius 3 is 2.70 bits per heavy atom. The van der Waals surface area contributed by atoms with Gasteiger partial charge in [-0.3, -0.25) is 0 Å². The fourth-order valence-corrected chi connectivity index (χ4v) is 1.80. The van der Waals surface area contributed by atoms with Gasteiger partial charge in [0, 0.05) is 12.1 Å². The highest BCUT2D eigenvalue weighted by Gasteiger charge is 2.34. The van der Waals surface area contributed by atoms with Gasteiger partial charge in [-0.25, -0.2) is 0 Å². The first-order chi connectivity index (χ1) is 4.69. The van der Waals surface area contributed by atoms with E-state index in [9.17, 15) is 5.21 Å². The number of hydrogen-bond donors (Lipinski definition) is 1. The normalized spacial score (nSPS) is 35.1. The Labute approximate surface area is 62.8 Å². The van der Waals surface area contributed by atoms with Crippen LogP contribution in [0.25, 0.3) is 0 Å². The molecule has 1 heterocycles. The molecule has 2 nitrogen and oxygen atoms in total. The summed E-state index contributed by atoms with van der Waals surface area (Å²) >= 11 is 0. The van der Waals surface area contributed by atoms with Crippen LogP contribution in [0.3, 0.4) is 0 Å². The van der Waals surface area contributed by atoms with Gasteiger partial charge < -0.3 is 5.21 Å². The van der Waals surface area contributed by atoms with Gasteiger partial charge in [0.25, 0.3) is 0 Å². The highest BCUT2D eigenvalue weighted by molar-refractivity contribution is 4.86. The Morgan fingerprint density at radius 1 is 1.60 bits per heavy atom. The van der Waals surface area contributed by atoms with Crippen LogP contribution in [0.2, 0.25) is 0 Å². The standard InChI is InChI=1S/C8H17NO/c1-3-5-8(2)6-4-7-9(8)10/h10H,3-7H2,1-2H3/t8-/m0/s1. The third kappa shape index (κ3) is 1.32. The van der Waals surface area contributed by atoms with Crippen molar-refractivity contribution >= 4 is 0 Å². The summed E-state index contributed by atoms with van der Waals surface area (Å²) in [4.78, 5) is 0. The predicted molar refractivity (Wildman–Crippen MR) is 41.0 cm³/mol. The van der Waals surface area contributed by atoms with Gasteiger partial charge in [0.2, 0.25) is 0 Å². The van der Waals surface area contributed by atoms with Crippen molar-refractivity contribution in [1.82, 2.24) is 5.06 Å². The third-order valence-corrected chi connectivity index (χ3v) is 2.50. The first-order valence-corrected chi connectivity index (χ1v) is 4.15. The molecule has 1 N–H and O–H groups in total. The minimum atomic E-state index is 0.0920. The Balaban J connectivity index is 2.48. The zero-order chi connectivity index (χ0) is 7.61. The fourth-order valence-electron chi connectivity index (χ4n) is 1.80. The van der Waals surface area contributed by atoms with E-state index in [0.29, 0.717) is 0 Å². The molecule has 0 amide bonds. The molecule has 1 rings (SSSR count). The van der Waals surface area contributed by atoms with E-state index in [4.69, 9.17) is 0 Å². The van der Waals surface area contributed by atoms with Crippen molar-refractivity contribution in [2.45, 2.75) is 45.1 Å². The lowest BCUT2D eigenvalue weighted by molar-refractivity contribution is -0.144. The lowest BCUT2D eigenvalue weighted by Gasteiger charge is -2.29. The van der Waals surface area contributed by atoms with Crippen LogP contribution in [0.5, 0.6) is 0 Å². The summed E-state index contributed by atoms with van der Waals surface area (Å²) in [7, 11) is 0. The molecule has 0 bridgehead atoms. The first kappa shape index (κ1) is 8.02. The van der Waals surface area contributed by atoms with Crippen LogP contribution >= 0.6 is 0 Å². The van der Waals surface area contributed by atoms with Gasteiger partial charge >= 0.3 is 0 Å². The second kappa shape index (κ2) is 2.89. The fraction of sp³-hybridized carbons (Fsp3) is 1.00. The number of hydroxylamine groups is 2. The predicted octanol–water partition coefficient (Wildman–Crippen LogP) is 2.03. The maximum absolute atomic E-state index is 9.41. The largest absolute Gasteiger partial charge is 0.313 e. The van der Waals surface area contributed by atoms with Crippen LogP contribution in [-0.4, -0.2) is 22.4 Å². The second-order valence-electron chi connectivity index (χ2n) is 3.47. The van der Waals surface area contributed by atoms with Crippen LogP contribution in [0.15, 0.2) is 0 Å². The van der Waals surface area contributed by atoms with Gasteiger partial charge in [-0.05, 0) is 26.2 Å². The summed E-state index contributed by atoms with van der Waals surface area (Å²) in [5.74, 6) is 0. The molecule has 1 aliphatic heterocycles. The molecule has 0 aromatic heterocycles. The number of hydrogen-bond acceptors (Lipinski definition) is 2. The van der Waals surface area contributed by atoms with Crippen molar-refractivity contribution in [3.63, 3.8) is 0 Å². The SMILES string of the molecule is CCC[C@@]1(C)CCCN1O. The maximum Gasteiger partial charge on any atom is 0.0432 e. The van der Waals surface area contributed by atoms with E-state index in [1.54, 1.807) is 0 Å². The van der Waals surface area contributed by atoms with Crippen LogP contribution in [-0.2, 0) is 0 Å². The van der Waals surface area contributed by atoms with E-state index in [-0.39, 0.29) is 5.54 Å². The average molecular weight is 143 g/mol. The van der Waals surface area contributed by atoms with Crippen molar-refractivity contribution in [3.8, 4) is 0 Å². The molecular formula is C8H17NO. The van der Waals surface area contributed by atoms with E-state index in [0.717, 1.165) is 32.2 Å². The van der Waals surface area contributed by atoms with Gasteiger partial charge in [-0.15, -0.1) is 0 Å². The highest BCUT2D eigenvalue weighted by atomic mass is 16.5. The number of rotatable bonds is 2. The Morgan fingerprint density at radius 2 is 2.30 bits per heavy atom. The molecule has 0 aliphatic carbocycles. The van der Waals surface area contributed by atoms with E-state index >= 15 is 0 Å². The quantitative estimate of drug-likeness (QED) is 0.639. The Bertz CT molecular complexity index is 116. The van der Waals surface area contributed by atoms with Crippen molar-refractivity contribution in [2.24, 2.45) is 0 Å². The molecule has 2 heteroatoms. The molecule has 1 saturated heterocycles. The molecule has 0 unspecified atom stereocenters. The van der Waals surface area contributed by atoms with Crippen LogP contribution in [0.4, 0.5) is 0 Å². The van der Waals surface area contributed by atoms with Crippen LogP contribution in [0, 0.1) is 0 Å². The summed E-state index contributed by atoms with van der Waals surface area (Å²) in [6.07, 6.45) is 4.57. The summed E-state index contributed by atoms with van der Waals surface area (Å²) in [5, 5.41) is 10.9. The summed E-state index contributed by atoms with van der Waals surface area (Å²) in [6.45, 7) is 5.16. The van der Waals surface area contributed by atoms with Gasteiger partial charge in [0.05, 0.1) is 0 Å². The van der Waals surface area contributed by atoms with Crippen molar-refractivity contribution in [2.75, 3.05) is 6.54 Å². The summed E-state index contributed by atoms with van der Waals surface area (Å²) in [5.41, 5.74) is 0.0920. The second-order valence-corrected chi connectivity index (χ2v) is 3.47. The molecule has 1 fully saturated rings. The highest BCUT2D eigenvalue weighted by Crippen LogP contribution is 2.30. The number of nitrogens with zero attached hydrogens (tertiary/aromatic N) is 1. The lowest BCUT2D eigenvalue weighted by Crippen LogP contribution is -2.38. The molecule has 10 heavy (non-hydrogen) atoms. The van der Waals surface area contributed by atoms with E-state index < -0.39 is 0 Å². The summed E-state index contributed by atoms with van der Waals surface area (Å²) < 4.78 is 0. The van der Waals surface area contributed by atoms with Gasteiger partial charge in [-0.2, -0.15) is 5.06 Å². The minimum Gasteiger partial charge on any atom is -0.313 e. The minimum absolute atomic E-state index is 0.0920. The molecule has 0 saturated carbocycles.